The molecule has 0 aromatic carbocycles. The Morgan fingerprint density at radius 2 is 1.04 bits per heavy atom. The third-order valence-corrected chi connectivity index (χ3v) is 5.31. The number of aliphatic hydroxyl groups excluding tert-OH is 1. The molecule has 0 spiro atoms. The molecule has 28 heavy (non-hydrogen) atoms. The molecule has 3 heteroatoms. The number of hydrogen-bond donors (Lipinski definition) is 1. The number of ether oxygens (including phenoxy) is 2. The lowest BCUT2D eigenvalue weighted by Crippen LogP contribution is -2.26. The van der Waals surface area contributed by atoms with Crippen LogP contribution in [0.25, 0.3) is 0 Å². The van der Waals surface area contributed by atoms with E-state index < -0.39 is 0 Å². The summed E-state index contributed by atoms with van der Waals surface area (Å²) < 4.78 is 11.3. The Balaban J connectivity index is 3.15. The molecule has 0 aromatic rings. The van der Waals surface area contributed by atoms with Crippen molar-refractivity contribution in [3.05, 3.63) is 0 Å². The molecule has 0 unspecified atom stereocenters. The van der Waals surface area contributed by atoms with Gasteiger partial charge in [0.25, 0.3) is 0 Å². The second kappa shape index (κ2) is 23.2. The Labute approximate surface area is 177 Å². The molecule has 1 atom stereocenters. The molecule has 3 nitrogen and oxygen atoms in total. The number of aliphatic hydroxyl groups is 1. The maximum Gasteiger partial charge on any atom is 0.104 e. The highest BCUT2D eigenvalue weighted by Crippen LogP contribution is 2.13. The van der Waals surface area contributed by atoms with Gasteiger partial charge in [0.15, 0.2) is 0 Å². The lowest BCUT2D eigenvalue weighted by molar-refractivity contribution is -0.0505. The third-order valence-electron chi connectivity index (χ3n) is 5.31. The van der Waals surface area contributed by atoms with Gasteiger partial charge in [0, 0.05) is 13.2 Å². The molecule has 0 fully saturated rings. The van der Waals surface area contributed by atoms with Crippen LogP contribution in [0.2, 0.25) is 0 Å². The minimum Gasteiger partial charge on any atom is -0.394 e. The highest BCUT2D eigenvalue weighted by atomic mass is 16.5. The van der Waals surface area contributed by atoms with Crippen molar-refractivity contribution < 1.29 is 14.6 Å². The van der Waals surface area contributed by atoms with Crippen LogP contribution in [0.5, 0.6) is 0 Å². The third kappa shape index (κ3) is 22.2. The first-order valence-corrected chi connectivity index (χ1v) is 12.5. The smallest absolute Gasteiger partial charge is 0.104 e. The maximum atomic E-state index is 9.28. The summed E-state index contributed by atoms with van der Waals surface area (Å²) in [7, 11) is 0. The van der Waals surface area contributed by atoms with Crippen molar-refractivity contribution in [3.63, 3.8) is 0 Å². The highest BCUT2D eigenvalue weighted by molar-refractivity contribution is 4.55. The standard InChI is InChI=1S/C25H52O3/c1-4-5-6-7-8-9-10-11-12-13-14-15-16-17-18-19-20-27-23-25(21-26)28-22-24(2)3/h24-26H,4-23H2,1-3H3/t25-/m0/s1. The highest BCUT2D eigenvalue weighted by Gasteiger charge is 2.08. The fourth-order valence-electron chi connectivity index (χ4n) is 3.45. The van der Waals surface area contributed by atoms with Gasteiger partial charge >= 0.3 is 0 Å². The Morgan fingerprint density at radius 1 is 0.607 bits per heavy atom. The Hall–Kier alpha value is -0.120. The molecule has 0 saturated heterocycles. The molecule has 170 valence electrons. The van der Waals surface area contributed by atoms with Crippen molar-refractivity contribution in [1.82, 2.24) is 0 Å². The van der Waals surface area contributed by atoms with Crippen molar-refractivity contribution in [2.75, 3.05) is 26.4 Å². The Morgan fingerprint density at radius 3 is 1.43 bits per heavy atom. The second-order valence-electron chi connectivity index (χ2n) is 8.91. The number of hydrogen-bond acceptors (Lipinski definition) is 3. The predicted molar refractivity (Wildman–Crippen MR) is 122 cm³/mol. The molecule has 0 aliphatic rings. The SMILES string of the molecule is CCCCCCCCCCCCCCCCCCOC[C@H](CO)OCC(C)C. The molecular formula is C25H52O3. The molecule has 0 saturated carbocycles. The van der Waals surface area contributed by atoms with Crippen molar-refractivity contribution in [2.45, 2.75) is 130 Å². The summed E-state index contributed by atoms with van der Waals surface area (Å²) in [4.78, 5) is 0. The van der Waals surface area contributed by atoms with Crippen molar-refractivity contribution in [3.8, 4) is 0 Å². The van der Waals surface area contributed by atoms with Crippen molar-refractivity contribution in [2.24, 2.45) is 5.92 Å². The fourth-order valence-corrected chi connectivity index (χ4v) is 3.45. The molecule has 0 heterocycles. The van der Waals surface area contributed by atoms with Crippen LogP contribution in [0.4, 0.5) is 0 Å². The molecular weight excluding hydrogens is 348 g/mol. The van der Waals surface area contributed by atoms with Crippen LogP contribution < -0.4 is 0 Å². The maximum absolute atomic E-state index is 9.28. The van der Waals surface area contributed by atoms with Gasteiger partial charge in [0.05, 0.1) is 13.2 Å². The minimum absolute atomic E-state index is 0.0473. The summed E-state index contributed by atoms with van der Waals surface area (Å²) in [6.45, 7) is 8.56. The molecule has 1 N–H and O–H groups in total. The normalized spacial score (nSPS) is 12.8. The zero-order valence-corrected chi connectivity index (χ0v) is 19.6. The molecule has 0 rings (SSSR count). The Kier molecular flexibility index (Phi) is 23.1. The van der Waals surface area contributed by atoms with E-state index in [1.807, 2.05) is 0 Å². The van der Waals surface area contributed by atoms with Crippen LogP contribution in [0.1, 0.15) is 124 Å². The minimum atomic E-state index is -0.163. The largest absolute Gasteiger partial charge is 0.394 e. The number of unbranched alkanes of at least 4 members (excludes halogenated alkanes) is 15. The quantitative estimate of drug-likeness (QED) is 0.183. The first-order chi connectivity index (χ1) is 13.7. The van der Waals surface area contributed by atoms with Gasteiger partial charge in [-0.1, -0.05) is 117 Å². The van der Waals surface area contributed by atoms with Crippen LogP contribution in [0.3, 0.4) is 0 Å². The average Bonchev–Trinajstić information content (AvgIpc) is 2.69. The zero-order chi connectivity index (χ0) is 20.7. The molecule has 0 amide bonds. The molecule has 0 aliphatic heterocycles. The average molecular weight is 401 g/mol. The van der Waals surface area contributed by atoms with Crippen molar-refractivity contribution in [1.29, 1.82) is 0 Å². The van der Waals surface area contributed by atoms with Crippen LogP contribution in [-0.4, -0.2) is 37.6 Å². The lowest BCUT2D eigenvalue weighted by atomic mass is 10.0. The molecule has 0 bridgehead atoms. The van der Waals surface area contributed by atoms with Gasteiger partial charge in [-0.05, 0) is 12.3 Å². The van der Waals surface area contributed by atoms with Gasteiger partial charge in [0.2, 0.25) is 0 Å². The molecule has 0 radical (unpaired) electrons. The zero-order valence-electron chi connectivity index (χ0n) is 19.6. The monoisotopic (exact) mass is 400 g/mol. The van der Waals surface area contributed by atoms with Gasteiger partial charge in [-0.2, -0.15) is 0 Å². The van der Waals surface area contributed by atoms with E-state index in [4.69, 9.17) is 9.47 Å². The van der Waals surface area contributed by atoms with E-state index in [-0.39, 0.29) is 12.7 Å². The summed E-state index contributed by atoms with van der Waals surface area (Å²) in [5.74, 6) is 0.495. The summed E-state index contributed by atoms with van der Waals surface area (Å²) in [5.41, 5.74) is 0. The Bertz CT molecular complexity index is 281. The first-order valence-electron chi connectivity index (χ1n) is 12.5. The summed E-state index contributed by atoms with van der Waals surface area (Å²) in [5, 5.41) is 9.28. The van der Waals surface area contributed by atoms with E-state index in [2.05, 4.69) is 20.8 Å². The van der Waals surface area contributed by atoms with Crippen LogP contribution in [0.15, 0.2) is 0 Å². The van der Waals surface area contributed by atoms with Crippen LogP contribution >= 0.6 is 0 Å². The van der Waals surface area contributed by atoms with E-state index in [0.29, 0.717) is 19.1 Å². The van der Waals surface area contributed by atoms with E-state index in [9.17, 15) is 5.11 Å². The number of rotatable bonds is 23. The first kappa shape index (κ1) is 27.9. The fraction of sp³-hybridized carbons (Fsp3) is 1.00. The van der Waals surface area contributed by atoms with Gasteiger partial charge in [-0.3, -0.25) is 0 Å². The topological polar surface area (TPSA) is 38.7 Å². The second-order valence-corrected chi connectivity index (χ2v) is 8.91. The van der Waals surface area contributed by atoms with E-state index in [1.165, 1.54) is 96.3 Å². The van der Waals surface area contributed by atoms with E-state index >= 15 is 0 Å². The van der Waals surface area contributed by atoms with E-state index in [1.54, 1.807) is 0 Å². The predicted octanol–water partition coefficient (Wildman–Crippen LogP) is 7.30. The van der Waals surface area contributed by atoms with E-state index in [0.717, 1.165) is 13.0 Å². The van der Waals surface area contributed by atoms with Gasteiger partial charge in [-0.15, -0.1) is 0 Å². The van der Waals surface area contributed by atoms with Crippen LogP contribution in [0, 0.1) is 5.92 Å². The summed E-state index contributed by atoms with van der Waals surface area (Å²) >= 11 is 0. The van der Waals surface area contributed by atoms with Gasteiger partial charge in [0.1, 0.15) is 6.10 Å². The van der Waals surface area contributed by atoms with Crippen molar-refractivity contribution >= 4 is 0 Å². The lowest BCUT2D eigenvalue weighted by Gasteiger charge is -2.17. The molecule has 0 aliphatic carbocycles. The van der Waals surface area contributed by atoms with Gasteiger partial charge in [-0.25, -0.2) is 0 Å². The summed E-state index contributed by atoms with van der Waals surface area (Å²) in [6.07, 6.45) is 22.1. The van der Waals surface area contributed by atoms with Crippen LogP contribution in [-0.2, 0) is 9.47 Å². The summed E-state index contributed by atoms with van der Waals surface area (Å²) in [6, 6.07) is 0. The van der Waals surface area contributed by atoms with Gasteiger partial charge < -0.3 is 14.6 Å². The molecule has 0 aromatic heterocycles.